The molecular formula is C31H42N2O3. The van der Waals surface area contributed by atoms with E-state index in [-0.39, 0.29) is 28.6 Å². The Hall–Kier alpha value is -2.16. The average molecular weight is 491 g/mol. The maximum absolute atomic E-state index is 14.9. The first kappa shape index (κ1) is 25.5. The molecule has 2 spiro atoms. The topological polar surface area (TPSA) is 85.3 Å². The molecule has 1 aromatic rings. The number of rotatable bonds is 6. The molecule has 5 heteroatoms. The fourth-order valence-corrected chi connectivity index (χ4v) is 8.55. The average Bonchev–Trinajstić information content (AvgIpc) is 3.42. The Morgan fingerprint density at radius 3 is 2.67 bits per heavy atom. The van der Waals surface area contributed by atoms with Gasteiger partial charge in [0, 0.05) is 37.4 Å². The summed E-state index contributed by atoms with van der Waals surface area (Å²) in [5.74, 6) is 1.30. The number of methoxy groups -OCH3 is 1. The van der Waals surface area contributed by atoms with E-state index in [1.54, 1.807) is 0 Å². The molecule has 2 saturated carbocycles. The number of fused-ring (bicyclic) bond motifs is 1. The van der Waals surface area contributed by atoms with Crippen molar-refractivity contribution in [2.24, 2.45) is 34.3 Å². The van der Waals surface area contributed by atoms with Gasteiger partial charge in [0.05, 0.1) is 23.2 Å². The minimum absolute atomic E-state index is 0.0926. The van der Waals surface area contributed by atoms with Crippen LogP contribution in [0.2, 0.25) is 0 Å². The third-order valence-electron chi connectivity index (χ3n) is 10.3. The highest BCUT2D eigenvalue weighted by molar-refractivity contribution is 5.97. The molecule has 1 aromatic carbocycles. The second-order valence-electron chi connectivity index (χ2n) is 12.5. The van der Waals surface area contributed by atoms with Crippen LogP contribution in [0.4, 0.5) is 0 Å². The van der Waals surface area contributed by atoms with Gasteiger partial charge < -0.3 is 15.2 Å². The lowest BCUT2D eigenvalue weighted by Crippen LogP contribution is -2.55. The van der Waals surface area contributed by atoms with Crippen LogP contribution >= 0.6 is 0 Å². The standard InChI is InChI=1S/C31H42N2O3/c1-20(13-23-8-11-36-12-9-23)28(34)31(16-22(3)33)26-14-24(18-32)5-6-25(26)17-29(31)10-7-27(35-4)30(19-29)15-21(30)2/h5-6,14,16,20-21,23,27H,7-13,15,17,19,33H2,1-4H3/b22-16+/t20?,21?,27-,29+,30?,31+/m1/s1. The van der Waals surface area contributed by atoms with Gasteiger partial charge in [-0.25, -0.2) is 0 Å². The SMILES string of the molecule is CO[C@@H]1CC[C@]2(Cc3ccc(C#N)cc3[C@@]2(/C=C(\C)N)C(=O)C(C)CC2CCOCC2)CC12CC2C. The predicted molar refractivity (Wildman–Crippen MR) is 140 cm³/mol. The fourth-order valence-electron chi connectivity index (χ4n) is 8.55. The first-order valence-electron chi connectivity index (χ1n) is 13.8. The Balaban J connectivity index is 1.64. The Bertz CT molecular complexity index is 1100. The van der Waals surface area contributed by atoms with Crippen molar-refractivity contribution in [3.05, 3.63) is 46.7 Å². The fraction of sp³-hybridized carbons (Fsp3) is 0.677. The first-order chi connectivity index (χ1) is 17.2. The molecule has 3 fully saturated rings. The molecule has 5 nitrogen and oxygen atoms in total. The largest absolute Gasteiger partial charge is 0.402 e. The molecule has 0 bridgehead atoms. The van der Waals surface area contributed by atoms with Gasteiger partial charge in [0.25, 0.3) is 0 Å². The van der Waals surface area contributed by atoms with E-state index in [9.17, 15) is 10.1 Å². The molecule has 194 valence electrons. The van der Waals surface area contributed by atoms with Crippen LogP contribution in [0.5, 0.6) is 0 Å². The van der Waals surface area contributed by atoms with Crippen molar-refractivity contribution in [3.63, 3.8) is 0 Å². The van der Waals surface area contributed by atoms with Crippen LogP contribution in [0, 0.1) is 39.9 Å². The van der Waals surface area contributed by atoms with Crippen molar-refractivity contribution in [2.45, 2.75) is 83.7 Å². The predicted octanol–water partition coefficient (Wildman–Crippen LogP) is 5.45. The number of nitrogens with zero attached hydrogens (tertiary/aromatic N) is 1. The van der Waals surface area contributed by atoms with Gasteiger partial charge in [0.1, 0.15) is 0 Å². The van der Waals surface area contributed by atoms with E-state index < -0.39 is 5.41 Å². The highest BCUT2D eigenvalue weighted by atomic mass is 16.5. The number of nitriles is 1. The Morgan fingerprint density at radius 2 is 2.06 bits per heavy atom. The number of nitrogens with two attached hydrogens (primary N) is 1. The van der Waals surface area contributed by atoms with Gasteiger partial charge in [-0.05, 0) is 105 Å². The lowest BCUT2D eigenvalue weighted by molar-refractivity contribution is -0.136. The number of hydrogen-bond donors (Lipinski definition) is 1. The molecule has 0 aromatic heterocycles. The molecule has 3 unspecified atom stereocenters. The van der Waals surface area contributed by atoms with Crippen LogP contribution in [0.15, 0.2) is 30.0 Å². The highest BCUT2D eigenvalue weighted by Crippen LogP contribution is 2.72. The molecule has 36 heavy (non-hydrogen) atoms. The van der Waals surface area contributed by atoms with Crippen LogP contribution in [0.3, 0.4) is 0 Å². The van der Waals surface area contributed by atoms with Gasteiger partial charge in [-0.15, -0.1) is 0 Å². The summed E-state index contributed by atoms with van der Waals surface area (Å²) in [4.78, 5) is 14.9. The van der Waals surface area contributed by atoms with Crippen molar-refractivity contribution < 1.29 is 14.3 Å². The normalized spacial score (nSPS) is 37.0. The molecule has 0 radical (unpaired) electrons. The molecule has 3 aliphatic carbocycles. The third kappa shape index (κ3) is 3.84. The zero-order valence-corrected chi connectivity index (χ0v) is 22.4. The van der Waals surface area contributed by atoms with Gasteiger partial charge >= 0.3 is 0 Å². The zero-order chi connectivity index (χ0) is 25.7. The third-order valence-corrected chi connectivity index (χ3v) is 10.3. The first-order valence-corrected chi connectivity index (χ1v) is 13.8. The highest BCUT2D eigenvalue weighted by Gasteiger charge is 2.70. The van der Waals surface area contributed by atoms with Crippen molar-refractivity contribution >= 4 is 5.78 Å². The number of carbonyl (C=O) groups is 1. The number of hydrogen-bond acceptors (Lipinski definition) is 5. The molecule has 0 amide bonds. The van der Waals surface area contributed by atoms with E-state index in [0.29, 0.717) is 23.1 Å². The smallest absolute Gasteiger partial charge is 0.150 e. The summed E-state index contributed by atoms with van der Waals surface area (Å²) in [5.41, 5.74) is 9.06. The quantitative estimate of drug-likeness (QED) is 0.573. The summed E-state index contributed by atoms with van der Waals surface area (Å²) in [7, 11) is 1.84. The van der Waals surface area contributed by atoms with Crippen LogP contribution in [-0.2, 0) is 26.1 Å². The summed E-state index contributed by atoms with van der Waals surface area (Å²) in [6.45, 7) is 7.94. The maximum atomic E-state index is 14.9. The van der Waals surface area contributed by atoms with E-state index in [2.05, 4.69) is 32.1 Å². The number of benzene rings is 1. The van der Waals surface area contributed by atoms with Crippen molar-refractivity contribution in [1.82, 2.24) is 0 Å². The van der Waals surface area contributed by atoms with Gasteiger partial charge in [-0.1, -0.05) is 19.9 Å². The van der Waals surface area contributed by atoms with Gasteiger partial charge in [0.2, 0.25) is 0 Å². The summed E-state index contributed by atoms with van der Waals surface area (Å²) >= 11 is 0. The maximum Gasteiger partial charge on any atom is 0.150 e. The Kier molecular flexibility index (Phi) is 6.58. The van der Waals surface area contributed by atoms with Gasteiger partial charge in [-0.2, -0.15) is 5.26 Å². The number of ketones is 1. The summed E-state index contributed by atoms with van der Waals surface area (Å²) in [5, 5.41) is 9.78. The van der Waals surface area contributed by atoms with E-state index in [1.165, 1.54) is 5.56 Å². The lowest BCUT2D eigenvalue weighted by Gasteiger charge is -2.52. The Morgan fingerprint density at radius 1 is 1.33 bits per heavy atom. The van der Waals surface area contributed by atoms with E-state index in [1.807, 2.05) is 26.2 Å². The van der Waals surface area contributed by atoms with Crippen LogP contribution in [0.25, 0.3) is 0 Å². The number of allylic oxidation sites excluding steroid dienone is 2. The van der Waals surface area contributed by atoms with E-state index in [4.69, 9.17) is 15.2 Å². The minimum atomic E-state index is -0.813. The molecule has 5 rings (SSSR count). The Labute approximate surface area is 216 Å². The summed E-state index contributed by atoms with van der Waals surface area (Å²) in [6.07, 6.45) is 10.1. The van der Waals surface area contributed by atoms with E-state index >= 15 is 0 Å². The molecule has 1 aliphatic heterocycles. The zero-order valence-electron chi connectivity index (χ0n) is 22.4. The van der Waals surface area contributed by atoms with Crippen LogP contribution in [-0.4, -0.2) is 32.2 Å². The van der Waals surface area contributed by atoms with Crippen LogP contribution in [0.1, 0.15) is 82.4 Å². The monoisotopic (exact) mass is 490 g/mol. The van der Waals surface area contributed by atoms with Crippen molar-refractivity contribution in [3.8, 4) is 6.07 Å². The van der Waals surface area contributed by atoms with Crippen molar-refractivity contribution in [2.75, 3.05) is 20.3 Å². The molecule has 1 saturated heterocycles. The molecule has 1 heterocycles. The van der Waals surface area contributed by atoms with Crippen LogP contribution < -0.4 is 5.73 Å². The molecule has 4 aliphatic rings. The minimum Gasteiger partial charge on any atom is -0.402 e. The van der Waals surface area contributed by atoms with Crippen molar-refractivity contribution in [1.29, 1.82) is 5.26 Å². The summed E-state index contributed by atoms with van der Waals surface area (Å²) in [6, 6.07) is 8.33. The lowest BCUT2D eigenvalue weighted by atomic mass is 9.51. The molecule has 2 N–H and O–H groups in total. The molecular weight excluding hydrogens is 448 g/mol. The number of carbonyl (C=O) groups excluding carboxylic acids is 1. The van der Waals surface area contributed by atoms with Gasteiger partial charge in [-0.3, -0.25) is 4.79 Å². The molecule has 6 atom stereocenters. The van der Waals surface area contributed by atoms with Gasteiger partial charge in [0.15, 0.2) is 5.78 Å². The summed E-state index contributed by atoms with van der Waals surface area (Å²) < 4.78 is 11.6. The second-order valence-corrected chi connectivity index (χ2v) is 12.5. The second kappa shape index (κ2) is 9.30. The number of ether oxygens (including phenoxy) is 2. The van der Waals surface area contributed by atoms with E-state index in [0.717, 1.165) is 70.1 Å². The number of Topliss-reactive ketones (excluding diaryl/α,β-unsaturated/α-hetero) is 1.